The lowest BCUT2D eigenvalue weighted by Crippen LogP contribution is -2.48. The van der Waals surface area contributed by atoms with Crippen molar-refractivity contribution in [1.29, 1.82) is 0 Å². The lowest BCUT2D eigenvalue weighted by Gasteiger charge is -2.33. The zero-order valence-corrected chi connectivity index (χ0v) is 16.3. The van der Waals surface area contributed by atoms with Crippen LogP contribution in [-0.2, 0) is 14.8 Å². The number of ether oxygens (including phenoxy) is 1. The van der Waals surface area contributed by atoms with Gasteiger partial charge in [-0.05, 0) is 24.5 Å². The van der Waals surface area contributed by atoms with Crippen LogP contribution in [0.15, 0.2) is 22.5 Å². The van der Waals surface area contributed by atoms with Crippen molar-refractivity contribution >= 4 is 61.4 Å². The van der Waals surface area contributed by atoms with Gasteiger partial charge >= 0.3 is 0 Å². The van der Waals surface area contributed by atoms with Gasteiger partial charge in [-0.15, -0.1) is 10.2 Å². The number of hydrogen-bond acceptors (Lipinski definition) is 8. The molecule has 0 saturated carbocycles. The number of amides is 1. The van der Waals surface area contributed by atoms with Gasteiger partial charge in [0.05, 0.1) is 18.5 Å². The van der Waals surface area contributed by atoms with Gasteiger partial charge in [0.1, 0.15) is 5.75 Å². The van der Waals surface area contributed by atoms with Crippen LogP contribution in [0.2, 0.25) is 5.02 Å². The summed E-state index contributed by atoms with van der Waals surface area (Å²) < 4.78 is 31.7. The van der Waals surface area contributed by atoms with Gasteiger partial charge in [0.15, 0.2) is 10.4 Å². The fourth-order valence-corrected chi connectivity index (χ4v) is 4.45. The number of nitrogens with one attached hydrogen (secondary N) is 1. The molecule has 12 heteroatoms. The Balaban J connectivity index is 1.86. The summed E-state index contributed by atoms with van der Waals surface area (Å²) in [6, 6.07) is 4.59. The highest BCUT2D eigenvalue weighted by Crippen LogP contribution is 2.37. The second-order valence-corrected chi connectivity index (χ2v) is 9.45. The van der Waals surface area contributed by atoms with E-state index in [1.165, 1.54) is 35.2 Å². The van der Waals surface area contributed by atoms with Gasteiger partial charge in [-0.25, -0.2) is 8.42 Å². The summed E-state index contributed by atoms with van der Waals surface area (Å²) in [5.74, 6) is -0.235. The van der Waals surface area contributed by atoms with Crippen molar-refractivity contribution in [3.05, 3.63) is 23.2 Å². The number of anilines is 2. The molecule has 8 nitrogen and oxygen atoms in total. The lowest BCUT2D eigenvalue weighted by molar-refractivity contribution is -0.122. The van der Waals surface area contributed by atoms with Crippen LogP contribution in [0.25, 0.3) is 0 Å². The summed E-state index contributed by atoms with van der Waals surface area (Å²) in [6.45, 7) is -0.161. The second-order valence-electron chi connectivity index (χ2n) is 5.08. The van der Waals surface area contributed by atoms with Crippen LogP contribution < -0.4 is 14.4 Å². The lowest BCUT2D eigenvalue weighted by atomic mass is 10.2. The summed E-state index contributed by atoms with van der Waals surface area (Å²) in [6.07, 6.45) is 1.89. The third kappa shape index (κ3) is 4.00. The molecule has 1 aliphatic rings. The minimum absolute atomic E-state index is 0.161. The maximum absolute atomic E-state index is 12.5. The molecule has 0 fully saturated rings. The van der Waals surface area contributed by atoms with Gasteiger partial charge in [-0.2, -0.15) is 0 Å². The summed E-state index contributed by atoms with van der Waals surface area (Å²) in [7, 11) is -3.61. The van der Waals surface area contributed by atoms with E-state index in [0.717, 1.165) is 10.6 Å². The van der Waals surface area contributed by atoms with Crippen molar-refractivity contribution in [3.63, 3.8) is 0 Å². The Labute approximate surface area is 157 Å². The molecule has 0 radical (unpaired) electrons. The van der Waals surface area contributed by atoms with E-state index in [4.69, 9.17) is 16.3 Å². The van der Waals surface area contributed by atoms with E-state index < -0.39 is 22.0 Å². The quantitative estimate of drug-likeness (QED) is 0.596. The molecule has 0 aliphatic carbocycles. The van der Waals surface area contributed by atoms with E-state index in [9.17, 15) is 13.2 Å². The largest absolute Gasteiger partial charge is 0.476 e. The van der Waals surface area contributed by atoms with Crippen molar-refractivity contribution in [3.8, 4) is 5.75 Å². The highest BCUT2D eigenvalue weighted by atomic mass is 35.5. The molecule has 1 aromatic carbocycles. The highest BCUT2D eigenvalue weighted by molar-refractivity contribution is 8.00. The molecule has 134 valence electrons. The number of halogens is 1. The molecule has 2 aromatic rings. The summed E-state index contributed by atoms with van der Waals surface area (Å²) in [4.78, 5) is 12.5. The first kappa shape index (κ1) is 18.2. The van der Waals surface area contributed by atoms with Gasteiger partial charge in [0.2, 0.25) is 15.2 Å². The fourth-order valence-electron chi connectivity index (χ4n) is 2.20. The number of fused-ring (bicyclic) bond motifs is 1. The Morgan fingerprint density at radius 3 is 2.88 bits per heavy atom. The molecule has 1 unspecified atom stereocenters. The van der Waals surface area contributed by atoms with Crippen LogP contribution in [0.1, 0.15) is 0 Å². The van der Waals surface area contributed by atoms with Crippen molar-refractivity contribution in [2.24, 2.45) is 0 Å². The van der Waals surface area contributed by atoms with E-state index in [2.05, 4.69) is 15.5 Å². The average Bonchev–Trinajstić information content (AvgIpc) is 3.00. The smallest absolute Gasteiger partial charge is 0.269 e. The number of carbonyl (C=O) groups excluding carboxylic acids is 1. The zero-order valence-electron chi connectivity index (χ0n) is 13.1. The number of thioether (sulfide) groups is 1. The van der Waals surface area contributed by atoms with Gasteiger partial charge in [-0.3, -0.25) is 14.4 Å². The van der Waals surface area contributed by atoms with Gasteiger partial charge in [0.25, 0.3) is 5.91 Å². The number of rotatable bonds is 4. The fraction of sp³-hybridized carbons (Fsp3) is 0.308. The summed E-state index contributed by atoms with van der Waals surface area (Å²) >= 11 is 8.58. The highest BCUT2D eigenvalue weighted by Gasteiger charge is 2.35. The molecule has 0 bridgehead atoms. The second kappa shape index (κ2) is 6.98. The standard InChI is InChI=1S/C13H13ClN4O4S3/c1-23-13-17-16-12(24-13)15-11(19)10-6-18(25(2,20)21)8-5-7(14)3-4-9(8)22-10/h3-5,10H,6H2,1-2H3,(H,15,16,19). The van der Waals surface area contributed by atoms with E-state index in [-0.39, 0.29) is 12.3 Å². The molecule has 1 atom stereocenters. The van der Waals surface area contributed by atoms with Crippen LogP contribution in [0.3, 0.4) is 0 Å². The molecule has 1 aromatic heterocycles. The predicted molar refractivity (Wildman–Crippen MR) is 98.4 cm³/mol. The first-order valence-corrected chi connectivity index (χ1v) is 11.2. The van der Waals surface area contributed by atoms with Crippen molar-refractivity contribution in [2.75, 3.05) is 28.7 Å². The number of sulfonamides is 1. The number of aromatic nitrogens is 2. The zero-order chi connectivity index (χ0) is 18.2. The maximum Gasteiger partial charge on any atom is 0.269 e. The van der Waals surface area contributed by atoms with E-state index in [0.29, 0.717) is 20.2 Å². The van der Waals surface area contributed by atoms with E-state index in [1.54, 1.807) is 6.07 Å². The van der Waals surface area contributed by atoms with Gasteiger partial charge in [-0.1, -0.05) is 34.7 Å². The molecule has 0 saturated heterocycles. The number of benzene rings is 1. The molecule has 3 rings (SSSR count). The normalized spacial score (nSPS) is 16.9. The predicted octanol–water partition coefficient (Wildman–Crippen LogP) is 2.08. The molecule has 1 amide bonds. The maximum atomic E-state index is 12.5. The Kier molecular flexibility index (Phi) is 5.09. The Morgan fingerprint density at radius 1 is 1.48 bits per heavy atom. The van der Waals surface area contributed by atoms with Crippen LogP contribution >= 0.6 is 34.7 Å². The Hall–Kier alpha value is -1.56. The molecule has 25 heavy (non-hydrogen) atoms. The number of carbonyl (C=O) groups is 1. The van der Waals surface area contributed by atoms with Crippen LogP contribution in [-0.4, -0.2) is 49.7 Å². The summed E-state index contributed by atoms with van der Waals surface area (Å²) in [5.41, 5.74) is 0.305. The minimum atomic E-state index is -3.61. The van der Waals surface area contributed by atoms with Crippen molar-refractivity contribution in [2.45, 2.75) is 10.4 Å². The van der Waals surface area contributed by atoms with Crippen molar-refractivity contribution < 1.29 is 17.9 Å². The van der Waals surface area contributed by atoms with Crippen LogP contribution in [0.4, 0.5) is 10.8 Å². The Bertz CT molecular complexity index is 918. The van der Waals surface area contributed by atoms with Gasteiger partial charge < -0.3 is 4.74 Å². The van der Waals surface area contributed by atoms with E-state index >= 15 is 0 Å². The Morgan fingerprint density at radius 2 is 2.24 bits per heavy atom. The molecular formula is C13H13ClN4O4S3. The molecule has 1 N–H and O–H groups in total. The summed E-state index contributed by atoms with van der Waals surface area (Å²) in [5, 5.41) is 11.0. The number of nitrogens with zero attached hydrogens (tertiary/aromatic N) is 3. The molecule has 0 spiro atoms. The first-order chi connectivity index (χ1) is 11.8. The molecular weight excluding hydrogens is 408 g/mol. The van der Waals surface area contributed by atoms with Gasteiger partial charge in [0, 0.05) is 5.02 Å². The monoisotopic (exact) mass is 420 g/mol. The number of hydrogen-bond donors (Lipinski definition) is 1. The third-order valence-corrected chi connectivity index (χ3v) is 6.49. The molecule has 2 heterocycles. The van der Waals surface area contributed by atoms with Crippen LogP contribution in [0, 0.1) is 0 Å². The first-order valence-electron chi connectivity index (χ1n) is 6.90. The topological polar surface area (TPSA) is 101 Å². The average molecular weight is 421 g/mol. The molecule has 1 aliphatic heterocycles. The third-order valence-electron chi connectivity index (χ3n) is 3.29. The van der Waals surface area contributed by atoms with E-state index in [1.807, 2.05) is 6.26 Å². The van der Waals surface area contributed by atoms with Crippen molar-refractivity contribution in [1.82, 2.24) is 10.2 Å². The SMILES string of the molecule is CSc1nnc(NC(=O)C2CN(S(C)(=O)=O)c3cc(Cl)ccc3O2)s1. The van der Waals surface area contributed by atoms with Crippen LogP contribution in [0.5, 0.6) is 5.75 Å². The minimum Gasteiger partial charge on any atom is -0.476 e.